The summed E-state index contributed by atoms with van der Waals surface area (Å²) >= 11 is 9.48. The van der Waals surface area contributed by atoms with E-state index in [9.17, 15) is 0 Å². The summed E-state index contributed by atoms with van der Waals surface area (Å²) in [6.07, 6.45) is 1.61. The molecule has 0 aromatic carbocycles. The van der Waals surface area contributed by atoms with Gasteiger partial charge in [-0.25, -0.2) is 9.97 Å². The SMILES string of the molecule is SCc1ccnc(Cl)n1. The average Bonchev–Trinajstić information content (AvgIpc) is 1.88. The van der Waals surface area contributed by atoms with Crippen LogP contribution in [0.3, 0.4) is 0 Å². The lowest BCUT2D eigenvalue weighted by Gasteiger charge is -1.91. The second-order valence-corrected chi connectivity index (χ2v) is 2.13. The molecule has 2 nitrogen and oxygen atoms in total. The van der Waals surface area contributed by atoms with Crippen LogP contribution in [-0.2, 0) is 5.75 Å². The summed E-state index contributed by atoms with van der Waals surface area (Å²) in [5.74, 6) is 0.599. The summed E-state index contributed by atoms with van der Waals surface area (Å²) in [5, 5.41) is 0.279. The van der Waals surface area contributed by atoms with E-state index in [1.165, 1.54) is 0 Å². The Morgan fingerprint density at radius 2 is 2.44 bits per heavy atom. The van der Waals surface area contributed by atoms with Crippen LogP contribution in [0.5, 0.6) is 0 Å². The van der Waals surface area contributed by atoms with Gasteiger partial charge in [0.25, 0.3) is 0 Å². The lowest BCUT2D eigenvalue weighted by molar-refractivity contribution is 1.09. The van der Waals surface area contributed by atoms with Crippen LogP contribution in [0.15, 0.2) is 12.3 Å². The summed E-state index contributed by atoms with van der Waals surface area (Å²) in [7, 11) is 0. The molecule has 0 aliphatic rings. The Labute approximate surface area is 63.7 Å². The number of rotatable bonds is 1. The quantitative estimate of drug-likeness (QED) is 0.499. The Hall–Kier alpha value is -0.280. The molecule has 1 aromatic heterocycles. The molecule has 0 radical (unpaired) electrons. The number of aromatic nitrogens is 2. The highest BCUT2D eigenvalue weighted by Crippen LogP contribution is 2.02. The topological polar surface area (TPSA) is 25.8 Å². The molecule has 0 spiro atoms. The van der Waals surface area contributed by atoms with Crippen molar-refractivity contribution in [2.24, 2.45) is 0 Å². The second-order valence-electron chi connectivity index (χ2n) is 1.48. The smallest absolute Gasteiger partial charge is 0.222 e. The maximum Gasteiger partial charge on any atom is 0.222 e. The number of nitrogens with zero attached hydrogens (tertiary/aromatic N) is 2. The van der Waals surface area contributed by atoms with Crippen LogP contribution >= 0.6 is 24.2 Å². The maximum atomic E-state index is 5.47. The van der Waals surface area contributed by atoms with Crippen LogP contribution in [0.2, 0.25) is 5.28 Å². The lowest BCUT2D eigenvalue weighted by atomic mass is 10.5. The predicted octanol–water partition coefficient (Wildman–Crippen LogP) is 1.56. The molecule has 48 valence electrons. The first-order chi connectivity index (χ1) is 4.33. The van der Waals surface area contributed by atoms with Crippen molar-refractivity contribution in [3.63, 3.8) is 0 Å². The van der Waals surface area contributed by atoms with Gasteiger partial charge >= 0.3 is 0 Å². The zero-order valence-electron chi connectivity index (χ0n) is 4.58. The first kappa shape index (κ1) is 6.83. The Bertz CT molecular complexity index is 204. The third kappa shape index (κ3) is 1.84. The standard InChI is InChI=1S/C5H5ClN2S/c6-5-7-2-1-4(3-9)8-5/h1-2,9H,3H2. The van der Waals surface area contributed by atoms with Gasteiger partial charge in [0.15, 0.2) is 0 Å². The summed E-state index contributed by atoms with van der Waals surface area (Å²) in [6.45, 7) is 0. The fraction of sp³-hybridized carbons (Fsp3) is 0.200. The highest BCUT2D eigenvalue weighted by molar-refractivity contribution is 7.79. The maximum absolute atomic E-state index is 5.47. The van der Waals surface area contributed by atoms with Crippen LogP contribution in [0.4, 0.5) is 0 Å². The van der Waals surface area contributed by atoms with Crippen molar-refractivity contribution in [3.8, 4) is 0 Å². The molecule has 0 saturated carbocycles. The normalized spacial score (nSPS) is 9.56. The molecule has 1 aromatic rings. The van der Waals surface area contributed by atoms with Gasteiger partial charge in [0.1, 0.15) is 0 Å². The molecule has 0 aliphatic carbocycles. The van der Waals surface area contributed by atoms with Gasteiger partial charge in [-0.3, -0.25) is 0 Å². The van der Waals surface area contributed by atoms with E-state index in [1.807, 2.05) is 0 Å². The molecular formula is C5H5ClN2S. The molecule has 1 rings (SSSR count). The number of hydrogen-bond donors (Lipinski definition) is 1. The summed E-state index contributed by atoms with van der Waals surface area (Å²) < 4.78 is 0. The molecule has 0 fully saturated rings. The molecule has 1 heterocycles. The summed E-state index contributed by atoms with van der Waals surface area (Å²) in [5.41, 5.74) is 0.846. The molecule has 0 unspecified atom stereocenters. The van der Waals surface area contributed by atoms with Crippen molar-refractivity contribution in [2.45, 2.75) is 5.75 Å². The first-order valence-electron chi connectivity index (χ1n) is 2.41. The van der Waals surface area contributed by atoms with Gasteiger partial charge in [-0.15, -0.1) is 0 Å². The van der Waals surface area contributed by atoms with Crippen molar-refractivity contribution in [2.75, 3.05) is 0 Å². The van der Waals surface area contributed by atoms with E-state index in [0.717, 1.165) is 5.69 Å². The average molecular weight is 161 g/mol. The number of hydrogen-bond acceptors (Lipinski definition) is 3. The van der Waals surface area contributed by atoms with Gasteiger partial charge in [0, 0.05) is 11.9 Å². The van der Waals surface area contributed by atoms with Crippen molar-refractivity contribution >= 4 is 24.2 Å². The highest BCUT2D eigenvalue weighted by Gasteiger charge is 1.90. The van der Waals surface area contributed by atoms with Crippen LogP contribution in [-0.4, -0.2) is 9.97 Å². The molecule has 0 atom stereocenters. The summed E-state index contributed by atoms with van der Waals surface area (Å²) in [6, 6.07) is 1.78. The number of halogens is 1. The second kappa shape index (κ2) is 3.03. The Morgan fingerprint density at radius 1 is 1.67 bits per heavy atom. The van der Waals surface area contributed by atoms with Gasteiger partial charge in [0.2, 0.25) is 5.28 Å². The molecule has 0 saturated heterocycles. The minimum absolute atomic E-state index is 0.279. The fourth-order valence-electron chi connectivity index (χ4n) is 0.458. The highest BCUT2D eigenvalue weighted by atomic mass is 35.5. The first-order valence-corrected chi connectivity index (χ1v) is 3.42. The van der Waals surface area contributed by atoms with E-state index in [0.29, 0.717) is 5.75 Å². The van der Waals surface area contributed by atoms with Crippen molar-refractivity contribution in [1.29, 1.82) is 0 Å². The van der Waals surface area contributed by atoms with E-state index in [2.05, 4.69) is 22.6 Å². The van der Waals surface area contributed by atoms with Gasteiger partial charge in [0.05, 0.1) is 5.69 Å². The predicted molar refractivity (Wildman–Crippen MR) is 39.7 cm³/mol. The summed E-state index contributed by atoms with van der Waals surface area (Å²) in [4.78, 5) is 7.58. The van der Waals surface area contributed by atoms with Crippen LogP contribution in [0.1, 0.15) is 5.69 Å². The molecule has 0 bridgehead atoms. The Morgan fingerprint density at radius 3 is 2.89 bits per heavy atom. The molecule has 9 heavy (non-hydrogen) atoms. The van der Waals surface area contributed by atoms with Gasteiger partial charge in [-0.1, -0.05) is 0 Å². The van der Waals surface area contributed by atoms with Gasteiger partial charge < -0.3 is 0 Å². The minimum Gasteiger partial charge on any atom is -0.227 e. The molecule has 4 heteroatoms. The van der Waals surface area contributed by atoms with E-state index in [4.69, 9.17) is 11.6 Å². The fourth-order valence-corrected chi connectivity index (χ4v) is 0.799. The molecule has 0 aliphatic heterocycles. The number of thiol groups is 1. The van der Waals surface area contributed by atoms with Crippen LogP contribution < -0.4 is 0 Å². The van der Waals surface area contributed by atoms with E-state index in [-0.39, 0.29) is 5.28 Å². The molecule has 0 amide bonds. The molecule has 0 N–H and O–H groups in total. The van der Waals surface area contributed by atoms with E-state index >= 15 is 0 Å². The van der Waals surface area contributed by atoms with Crippen LogP contribution in [0.25, 0.3) is 0 Å². The monoisotopic (exact) mass is 160 g/mol. The minimum atomic E-state index is 0.279. The largest absolute Gasteiger partial charge is 0.227 e. The Kier molecular flexibility index (Phi) is 2.30. The van der Waals surface area contributed by atoms with Crippen molar-refractivity contribution < 1.29 is 0 Å². The third-order valence-electron chi connectivity index (χ3n) is 0.846. The van der Waals surface area contributed by atoms with Crippen molar-refractivity contribution in [3.05, 3.63) is 23.2 Å². The Balaban J connectivity index is 2.94. The van der Waals surface area contributed by atoms with Crippen molar-refractivity contribution in [1.82, 2.24) is 9.97 Å². The van der Waals surface area contributed by atoms with E-state index in [1.54, 1.807) is 12.3 Å². The third-order valence-corrected chi connectivity index (χ3v) is 1.35. The van der Waals surface area contributed by atoms with Crippen LogP contribution in [0, 0.1) is 0 Å². The van der Waals surface area contributed by atoms with E-state index < -0.39 is 0 Å². The van der Waals surface area contributed by atoms with Gasteiger partial charge in [-0.05, 0) is 17.7 Å². The lowest BCUT2D eigenvalue weighted by Crippen LogP contribution is -1.86. The zero-order valence-corrected chi connectivity index (χ0v) is 6.23. The van der Waals surface area contributed by atoms with Gasteiger partial charge in [-0.2, -0.15) is 12.6 Å². The zero-order chi connectivity index (χ0) is 6.69. The molecular weight excluding hydrogens is 156 g/mol.